The molecule has 0 aromatic heterocycles. The molecule has 0 unspecified atom stereocenters. The summed E-state index contributed by atoms with van der Waals surface area (Å²) in [6.07, 6.45) is 2.63. The van der Waals surface area contributed by atoms with E-state index in [-0.39, 0.29) is 50.1 Å². The second kappa shape index (κ2) is 16.4. The molecule has 5 atom stereocenters. The van der Waals surface area contributed by atoms with Gasteiger partial charge in [0.15, 0.2) is 0 Å². The number of benzene rings is 2. The van der Waals surface area contributed by atoms with Crippen molar-refractivity contribution in [3.8, 4) is 0 Å². The minimum Gasteiger partial charge on any atom is -0.481 e. The van der Waals surface area contributed by atoms with Crippen molar-refractivity contribution in [3.63, 3.8) is 0 Å². The number of nitrogens with one attached hydrogen (secondary N) is 4. The highest BCUT2D eigenvalue weighted by Crippen LogP contribution is 2.33. The minimum atomic E-state index is -1.08. The number of carboxylic acid groups (broad SMARTS) is 1. The fourth-order valence-electron chi connectivity index (χ4n) is 6.22. The Balaban J connectivity index is 1.42. The predicted molar refractivity (Wildman–Crippen MR) is 168 cm³/mol. The van der Waals surface area contributed by atoms with Crippen molar-refractivity contribution in [3.05, 3.63) is 71.8 Å². The van der Waals surface area contributed by atoms with E-state index in [9.17, 15) is 33.9 Å². The maximum atomic E-state index is 13.7. The number of carboxylic acids is 1. The van der Waals surface area contributed by atoms with E-state index in [0.29, 0.717) is 32.1 Å². The first-order chi connectivity index (χ1) is 22.1. The summed E-state index contributed by atoms with van der Waals surface area (Å²) in [6, 6.07) is 14.1. The molecule has 246 valence electrons. The number of piperidine rings is 1. The van der Waals surface area contributed by atoms with Gasteiger partial charge in [-0.2, -0.15) is 0 Å². The van der Waals surface area contributed by atoms with Crippen molar-refractivity contribution in [1.29, 1.82) is 0 Å². The summed E-state index contributed by atoms with van der Waals surface area (Å²) in [7, 11) is 0. The number of hydrogen-bond acceptors (Lipinski definition) is 6. The third-order valence-electron chi connectivity index (χ3n) is 8.38. The fourth-order valence-corrected chi connectivity index (χ4v) is 6.22. The van der Waals surface area contributed by atoms with Crippen LogP contribution in [0.1, 0.15) is 56.1 Å². The summed E-state index contributed by atoms with van der Waals surface area (Å²) in [5.41, 5.74) is 6.82. The molecule has 0 saturated carbocycles. The molecule has 7 N–H and O–H groups in total. The molecule has 4 rings (SSSR count). The number of hydrogen-bond donors (Lipinski definition) is 6. The molecule has 46 heavy (non-hydrogen) atoms. The largest absolute Gasteiger partial charge is 0.481 e. The highest BCUT2D eigenvalue weighted by Gasteiger charge is 2.46. The standard InChI is InChI=1S/C33H42N6O7/c34-33(46)35-17-7-12-25(30(43)36-23(20-29(41)42)18-21-8-3-1-4-9-21)38-31(44)27-16-14-24-13-15-26(32(45)39(24)27)37-28(40)19-22-10-5-2-6-11-22/h1-6,8-11,23-27H,7,12-20H2,(H,36,43)(H,37,40)(H,38,44)(H,41,42)(H3,34,35,46)/t23-,24-,25-,26-,27-/m1/s1. The van der Waals surface area contributed by atoms with Gasteiger partial charge in [-0.25, -0.2) is 4.79 Å². The molecule has 2 aromatic carbocycles. The summed E-state index contributed by atoms with van der Waals surface area (Å²) in [5, 5.41) is 20.3. The molecule has 2 aromatic rings. The monoisotopic (exact) mass is 634 g/mol. The van der Waals surface area contributed by atoms with Crippen molar-refractivity contribution in [2.75, 3.05) is 6.54 Å². The smallest absolute Gasteiger partial charge is 0.312 e. The number of fused-ring (bicyclic) bond motifs is 1. The molecule has 2 saturated heterocycles. The van der Waals surface area contributed by atoms with E-state index in [1.165, 1.54) is 0 Å². The number of primary amides is 1. The van der Waals surface area contributed by atoms with E-state index in [4.69, 9.17) is 5.73 Å². The van der Waals surface area contributed by atoms with Gasteiger partial charge < -0.3 is 37.0 Å². The summed E-state index contributed by atoms with van der Waals surface area (Å²) in [5.74, 6) is -2.77. The van der Waals surface area contributed by atoms with Crippen LogP contribution in [0.2, 0.25) is 0 Å². The van der Waals surface area contributed by atoms with Gasteiger partial charge in [-0.3, -0.25) is 24.0 Å². The second-order valence-electron chi connectivity index (χ2n) is 11.8. The van der Waals surface area contributed by atoms with E-state index < -0.39 is 48.0 Å². The van der Waals surface area contributed by atoms with Gasteiger partial charge in [-0.15, -0.1) is 0 Å². The first-order valence-electron chi connectivity index (χ1n) is 15.7. The van der Waals surface area contributed by atoms with Gasteiger partial charge in [-0.1, -0.05) is 60.7 Å². The number of amides is 6. The number of nitrogens with two attached hydrogens (primary N) is 1. The first-order valence-corrected chi connectivity index (χ1v) is 15.7. The zero-order valence-electron chi connectivity index (χ0n) is 25.7. The van der Waals surface area contributed by atoms with Crippen LogP contribution >= 0.6 is 0 Å². The van der Waals surface area contributed by atoms with Crippen molar-refractivity contribution in [2.24, 2.45) is 5.73 Å². The molecule has 2 aliphatic rings. The van der Waals surface area contributed by atoms with Gasteiger partial charge in [0, 0.05) is 18.6 Å². The predicted octanol–water partition coefficient (Wildman–Crippen LogP) is 1.00. The molecule has 0 spiro atoms. The quantitative estimate of drug-likeness (QED) is 0.157. The fraction of sp³-hybridized carbons (Fsp3) is 0.455. The minimum absolute atomic E-state index is 0.130. The van der Waals surface area contributed by atoms with Crippen LogP contribution in [0.5, 0.6) is 0 Å². The zero-order chi connectivity index (χ0) is 33.1. The van der Waals surface area contributed by atoms with Gasteiger partial charge in [0.05, 0.1) is 12.8 Å². The highest BCUT2D eigenvalue weighted by atomic mass is 16.4. The maximum absolute atomic E-state index is 13.7. The lowest BCUT2D eigenvalue weighted by Gasteiger charge is -2.38. The van der Waals surface area contributed by atoms with Crippen LogP contribution in [-0.2, 0) is 36.8 Å². The normalized spacial score (nSPS) is 20.1. The molecule has 0 aliphatic carbocycles. The lowest BCUT2D eigenvalue weighted by atomic mass is 9.97. The van der Waals surface area contributed by atoms with E-state index in [0.717, 1.165) is 11.1 Å². The molecule has 2 aliphatic heterocycles. The third kappa shape index (κ3) is 9.78. The van der Waals surface area contributed by atoms with Gasteiger partial charge in [0.1, 0.15) is 18.1 Å². The van der Waals surface area contributed by atoms with Gasteiger partial charge in [0.2, 0.25) is 23.6 Å². The van der Waals surface area contributed by atoms with Crippen LogP contribution in [0, 0.1) is 0 Å². The topological polar surface area (TPSA) is 200 Å². The maximum Gasteiger partial charge on any atom is 0.312 e. The molecular formula is C33H42N6O7. The SMILES string of the molecule is NC(=O)NCCC[C@@H](NC(=O)[C@H]1CC[C@H]2CC[C@@H](NC(=O)Cc3ccccc3)C(=O)N21)C(=O)N[C@@H](CC(=O)O)Cc1ccccc1. The first kappa shape index (κ1) is 33.9. The Bertz CT molecular complexity index is 1390. The molecule has 13 nitrogen and oxygen atoms in total. The molecule has 0 bridgehead atoms. The van der Waals surface area contributed by atoms with Crippen molar-refractivity contribution >= 4 is 35.6 Å². The number of carbonyl (C=O) groups is 6. The second-order valence-corrected chi connectivity index (χ2v) is 11.8. The average Bonchev–Trinajstić information content (AvgIpc) is 3.46. The zero-order valence-corrected chi connectivity index (χ0v) is 25.7. The Morgan fingerprint density at radius 1 is 0.891 bits per heavy atom. The number of carbonyl (C=O) groups excluding carboxylic acids is 5. The van der Waals surface area contributed by atoms with E-state index in [1.54, 1.807) is 4.90 Å². The molecule has 6 amide bonds. The number of urea groups is 1. The van der Waals surface area contributed by atoms with Gasteiger partial charge in [-0.05, 0) is 56.1 Å². The van der Waals surface area contributed by atoms with Crippen LogP contribution in [0.4, 0.5) is 4.79 Å². The molecular weight excluding hydrogens is 592 g/mol. The van der Waals surface area contributed by atoms with E-state index in [2.05, 4.69) is 21.3 Å². The van der Waals surface area contributed by atoms with E-state index in [1.807, 2.05) is 60.7 Å². The summed E-state index contributed by atoms with van der Waals surface area (Å²) < 4.78 is 0. The number of aliphatic carboxylic acids is 1. The van der Waals surface area contributed by atoms with Gasteiger partial charge in [0.25, 0.3) is 0 Å². The summed E-state index contributed by atoms with van der Waals surface area (Å²) in [6.45, 7) is 0.165. The third-order valence-corrected chi connectivity index (χ3v) is 8.38. The molecule has 0 radical (unpaired) electrons. The Morgan fingerprint density at radius 2 is 1.54 bits per heavy atom. The van der Waals surface area contributed by atoms with Crippen LogP contribution in [0.15, 0.2) is 60.7 Å². The lowest BCUT2D eigenvalue weighted by molar-refractivity contribution is -0.146. The van der Waals surface area contributed by atoms with Crippen molar-refractivity contribution < 1.29 is 33.9 Å². The molecule has 13 heteroatoms. The number of nitrogens with zero attached hydrogens (tertiary/aromatic N) is 1. The summed E-state index contributed by atoms with van der Waals surface area (Å²) >= 11 is 0. The van der Waals surface area contributed by atoms with Crippen LogP contribution in [0.25, 0.3) is 0 Å². The van der Waals surface area contributed by atoms with Gasteiger partial charge >= 0.3 is 12.0 Å². The Labute approximate surface area is 267 Å². The van der Waals surface area contributed by atoms with Crippen LogP contribution in [-0.4, -0.2) is 82.4 Å². The summed E-state index contributed by atoms with van der Waals surface area (Å²) in [4.78, 5) is 77.7. The molecule has 2 heterocycles. The van der Waals surface area contributed by atoms with Crippen molar-refractivity contribution in [1.82, 2.24) is 26.2 Å². The van der Waals surface area contributed by atoms with Crippen molar-refractivity contribution in [2.45, 2.75) is 88.0 Å². The highest BCUT2D eigenvalue weighted by molar-refractivity contribution is 5.95. The lowest BCUT2D eigenvalue weighted by Crippen LogP contribution is -2.60. The average molecular weight is 635 g/mol. The Morgan fingerprint density at radius 3 is 2.20 bits per heavy atom. The number of rotatable bonds is 15. The molecule has 2 fully saturated rings. The Hall–Kier alpha value is -4.94. The van der Waals surface area contributed by atoms with E-state index >= 15 is 0 Å². The Kier molecular flexibility index (Phi) is 12.1. The van der Waals surface area contributed by atoms with Crippen LogP contribution < -0.4 is 27.0 Å². The van der Waals surface area contributed by atoms with Crippen LogP contribution in [0.3, 0.4) is 0 Å².